The molecule has 8 heteroatoms. The van der Waals surface area contributed by atoms with Gasteiger partial charge in [0.05, 0.1) is 11.9 Å². The molecule has 0 bridgehead atoms. The first-order chi connectivity index (χ1) is 10.9. The molecule has 1 aromatic carbocycles. The molecule has 3 rings (SSSR count). The Morgan fingerprint density at radius 1 is 1.35 bits per heavy atom. The summed E-state index contributed by atoms with van der Waals surface area (Å²) in [7, 11) is -3.37. The third-order valence-corrected chi connectivity index (χ3v) is 5.78. The predicted molar refractivity (Wildman–Crippen MR) is 90.8 cm³/mol. The SMILES string of the molecule is CS(=O)(=O)N1CCC[C@H]1C(=O)Nc1nc(-c2ccccc2)cs1. The molecule has 0 aliphatic carbocycles. The molecule has 122 valence electrons. The van der Waals surface area contributed by atoms with Crippen molar-refractivity contribution >= 4 is 32.4 Å². The Kier molecular flexibility index (Phi) is 4.47. The van der Waals surface area contributed by atoms with Crippen molar-refractivity contribution in [3.8, 4) is 11.3 Å². The van der Waals surface area contributed by atoms with E-state index in [4.69, 9.17) is 0 Å². The van der Waals surface area contributed by atoms with Crippen LogP contribution in [0.1, 0.15) is 12.8 Å². The molecule has 6 nitrogen and oxygen atoms in total. The van der Waals surface area contributed by atoms with Crippen molar-refractivity contribution in [3.05, 3.63) is 35.7 Å². The summed E-state index contributed by atoms with van der Waals surface area (Å²) in [5.74, 6) is -0.318. The summed E-state index contributed by atoms with van der Waals surface area (Å²) in [6.07, 6.45) is 2.36. The molecule has 2 heterocycles. The lowest BCUT2D eigenvalue weighted by atomic mass is 10.2. The summed E-state index contributed by atoms with van der Waals surface area (Å²) in [5, 5.41) is 5.09. The maximum atomic E-state index is 12.4. The molecule has 1 amide bonds. The van der Waals surface area contributed by atoms with Crippen molar-refractivity contribution in [1.82, 2.24) is 9.29 Å². The van der Waals surface area contributed by atoms with Gasteiger partial charge in [-0.1, -0.05) is 30.3 Å². The fourth-order valence-electron chi connectivity index (χ4n) is 2.66. The van der Waals surface area contributed by atoms with Crippen molar-refractivity contribution in [2.24, 2.45) is 0 Å². The van der Waals surface area contributed by atoms with Gasteiger partial charge >= 0.3 is 0 Å². The standard InChI is InChI=1S/C15H17N3O3S2/c1-23(20,21)18-9-5-8-13(18)14(19)17-15-16-12(10-22-15)11-6-3-2-4-7-11/h2-4,6-7,10,13H,5,8-9H2,1H3,(H,16,17,19)/t13-/m0/s1. The van der Waals surface area contributed by atoms with E-state index < -0.39 is 16.1 Å². The monoisotopic (exact) mass is 351 g/mol. The minimum atomic E-state index is -3.37. The lowest BCUT2D eigenvalue weighted by Crippen LogP contribution is -2.42. The highest BCUT2D eigenvalue weighted by Gasteiger charge is 2.36. The number of carbonyl (C=O) groups is 1. The Hall–Kier alpha value is -1.77. The predicted octanol–water partition coefficient (Wildman–Crippen LogP) is 2.17. The lowest BCUT2D eigenvalue weighted by Gasteiger charge is -2.20. The fourth-order valence-corrected chi connectivity index (χ4v) is 4.51. The molecular formula is C15H17N3O3S2. The second-order valence-electron chi connectivity index (χ2n) is 5.42. The summed E-state index contributed by atoms with van der Waals surface area (Å²) in [4.78, 5) is 16.8. The van der Waals surface area contributed by atoms with Crippen LogP contribution in [0.3, 0.4) is 0 Å². The van der Waals surface area contributed by atoms with E-state index in [2.05, 4.69) is 10.3 Å². The van der Waals surface area contributed by atoms with E-state index in [1.165, 1.54) is 15.6 Å². The second-order valence-corrected chi connectivity index (χ2v) is 8.22. The van der Waals surface area contributed by atoms with Crippen LogP contribution >= 0.6 is 11.3 Å². The van der Waals surface area contributed by atoms with Gasteiger partial charge in [-0.3, -0.25) is 4.79 Å². The summed E-state index contributed by atoms with van der Waals surface area (Å²) in [6, 6.07) is 9.03. The minimum Gasteiger partial charge on any atom is -0.301 e. The van der Waals surface area contributed by atoms with E-state index in [1.54, 1.807) is 0 Å². The average molecular weight is 351 g/mol. The normalized spacial score (nSPS) is 18.9. The third-order valence-electron chi connectivity index (χ3n) is 3.74. The zero-order valence-corrected chi connectivity index (χ0v) is 14.2. The number of thiazole rings is 1. The van der Waals surface area contributed by atoms with Gasteiger partial charge in [0.15, 0.2) is 5.13 Å². The second kappa shape index (κ2) is 6.38. The highest BCUT2D eigenvalue weighted by molar-refractivity contribution is 7.88. The Bertz CT molecular complexity index is 802. The third kappa shape index (κ3) is 3.60. The number of anilines is 1. The number of nitrogens with one attached hydrogen (secondary N) is 1. The van der Waals surface area contributed by atoms with Crippen molar-refractivity contribution in [1.29, 1.82) is 0 Å². The summed E-state index contributed by atoms with van der Waals surface area (Å²) in [6.45, 7) is 0.393. The van der Waals surface area contributed by atoms with Gasteiger partial charge in [-0.2, -0.15) is 4.31 Å². The van der Waals surface area contributed by atoms with E-state index >= 15 is 0 Å². The van der Waals surface area contributed by atoms with Crippen LogP contribution in [0.15, 0.2) is 35.7 Å². The molecule has 1 fully saturated rings. The Balaban J connectivity index is 1.73. The maximum Gasteiger partial charge on any atom is 0.244 e. The zero-order chi connectivity index (χ0) is 16.4. The van der Waals surface area contributed by atoms with Crippen molar-refractivity contribution in [2.45, 2.75) is 18.9 Å². The van der Waals surface area contributed by atoms with Crippen LogP contribution in [0, 0.1) is 0 Å². The first-order valence-electron chi connectivity index (χ1n) is 7.24. The summed E-state index contributed by atoms with van der Waals surface area (Å²) >= 11 is 1.33. The topological polar surface area (TPSA) is 79.4 Å². The molecule has 1 saturated heterocycles. The lowest BCUT2D eigenvalue weighted by molar-refractivity contribution is -0.119. The smallest absolute Gasteiger partial charge is 0.244 e. The van der Waals surface area contributed by atoms with Crippen LogP contribution in [0.4, 0.5) is 5.13 Å². The van der Waals surface area contributed by atoms with Gasteiger partial charge in [0.2, 0.25) is 15.9 Å². The maximum absolute atomic E-state index is 12.4. The number of hydrogen-bond acceptors (Lipinski definition) is 5. The first kappa shape index (κ1) is 16.1. The van der Waals surface area contributed by atoms with E-state index in [9.17, 15) is 13.2 Å². The number of carbonyl (C=O) groups excluding carboxylic acids is 1. The van der Waals surface area contributed by atoms with Crippen LogP contribution in [0.2, 0.25) is 0 Å². The van der Waals surface area contributed by atoms with Gasteiger partial charge in [0.25, 0.3) is 0 Å². The highest BCUT2D eigenvalue weighted by atomic mass is 32.2. The van der Waals surface area contributed by atoms with E-state index in [0.717, 1.165) is 17.5 Å². The molecular weight excluding hydrogens is 334 g/mol. The summed E-state index contributed by atoms with van der Waals surface area (Å²) < 4.78 is 24.7. The van der Waals surface area contributed by atoms with Crippen LogP contribution in [-0.2, 0) is 14.8 Å². The quantitative estimate of drug-likeness (QED) is 0.915. The number of aromatic nitrogens is 1. The zero-order valence-electron chi connectivity index (χ0n) is 12.6. The van der Waals surface area contributed by atoms with Gasteiger partial charge in [-0.05, 0) is 12.8 Å². The first-order valence-corrected chi connectivity index (χ1v) is 9.96. The molecule has 0 unspecified atom stereocenters. The van der Waals surface area contributed by atoms with Gasteiger partial charge in [-0.15, -0.1) is 11.3 Å². The number of benzene rings is 1. The molecule has 1 aliphatic rings. The van der Waals surface area contributed by atoms with Gasteiger partial charge in [-0.25, -0.2) is 13.4 Å². The van der Waals surface area contributed by atoms with Crippen LogP contribution in [0.5, 0.6) is 0 Å². The van der Waals surface area contributed by atoms with Crippen LogP contribution in [0.25, 0.3) is 11.3 Å². The van der Waals surface area contributed by atoms with Gasteiger partial charge < -0.3 is 5.32 Å². The van der Waals surface area contributed by atoms with Crippen LogP contribution in [-0.4, -0.2) is 42.5 Å². The van der Waals surface area contributed by atoms with Crippen molar-refractivity contribution in [2.75, 3.05) is 18.1 Å². The molecule has 1 atom stereocenters. The average Bonchev–Trinajstić information content (AvgIpc) is 3.16. The fraction of sp³-hybridized carbons (Fsp3) is 0.333. The summed E-state index contributed by atoms with van der Waals surface area (Å²) in [5.41, 5.74) is 1.76. The van der Waals surface area contributed by atoms with Crippen LogP contribution < -0.4 is 5.32 Å². The Morgan fingerprint density at radius 3 is 2.78 bits per heavy atom. The van der Waals surface area contributed by atoms with Gasteiger partial charge in [0.1, 0.15) is 6.04 Å². The molecule has 2 aromatic rings. The molecule has 1 N–H and O–H groups in total. The number of nitrogens with zero attached hydrogens (tertiary/aromatic N) is 2. The largest absolute Gasteiger partial charge is 0.301 e. The van der Waals surface area contributed by atoms with Crippen molar-refractivity contribution in [3.63, 3.8) is 0 Å². The number of sulfonamides is 1. The molecule has 0 saturated carbocycles. The highest BCUT2D eigenvalue weighted by Crippen LogP contribution is 2.26. The van der Waals surface area contributed by atoms with E-state index in [0.29, 0.717) is 24.5 Å². The minimum absolute atomic E-state index is 0.318. The molecule has 0 radical (unpaired) electrons. The Labute approximate surface area is 139 Å². The van der Waals surface area contributed by atoms with Crippen molar-refractivity contribution < 1.29 is 13.2 Å². The van der Waals surface area contributed by atoms with E-state index in [-0.39, 0.29) is 5.91 Å². The molecule has 1 aromatic heterocycles. The number of rotatable bonds is 4. The van der Waals surface area contributed by atoms with E-state index in [1.807, 2.05) is 35.7 Å². The molecule has 23 heavy (non-hydrogen) atoms. The molecule has 0 spiro atoms. The Morgan fingerprint density at radius 2 is 2.09 bits per heavy atom. The van der Waals surface area contributed by atoms with Gasteiger partial charge in [0, 0.05) is 17.5 Å². The number of amides is 1. The number of hydrogen-bond donors (Lipinski definition) is 1. The molecule has 1 aliphatic heterocycles.